The summed E-state index contributed by atoms with van der Waals surface area (Å²) in [5.74, 6) is -0.141. The number of nitrogens with zero attached hydrogens (tertiary/aromatic N) is 1. The molecule has 0 saturated carbocycles. The standard InChI is InChI=1S/C15H29N3O5S/c1-15(2,3)23-14(20)17-12(8-7-9-16-24(4,21)22)13(19)18-10-5-6-11-18/h12,16H,5-11H2,1-4H3,(H,17,20). The Kier molecular flexibility index (Phi) is 7.47. The Morgan fingerprint density at radius 2 is 1.79 bits per heavy atom. The highest BCUT2D eigenvalue weighted by Gasteiger charge is 2.29. The molecule has 1 rings (SSSR count). The van der Waals surface area contributed by atoms with Crippen LogP contribution in [-0.2, 0) is 19.6 Å². The van der Waals surface area contributed by atoms with Crippen LogP contribution in [0.1, 0.15) is 46.5 Å². The molecule has 0 spiro atoms. The molecule has 1 aliphatic heterocycles. The fourth-order valence-electron chi connectivity index (χ4n) is 2.43. The number of ether oxygens (including phenoxy) is 1. The van der Waals surface area contributed by atoms with E-state index in [9.17, 15) is 18.0 Å². The molecule has 1 heterocycles. The smallest absolute Gasteiger partial charge is 0.408 e. The number of nitrogens with one attached hydrogen (secondary N) is 2. The summed E-state index contributed by atoms with van der Waals surface area (Å²) in [6.45, 7) is 6.85. The Bertz CT molecular complexity index is 536. The van der Waals surface area contributed by atoms with Gasteiger partial charge in [-0.1, -0.05) is 0 Å². The first-order chi connectivity index (χ1) is 11.0. The average Bonchev–Trinajstić information content (AvgIpc) is 2.92. The van der Waals surface area contributed by atoms with Crippen LogP contribution in [0.25, 0.3) is 0 Å². The number of sulfonamides is 1. The predicted molar refractivity (Wildman–Crippen MR) is 91.1 cm³/mol. The van der Waals surface area contributed by atoms with Gasteiger partial charge in [-0.15, -0.1) is 0 Å². The highest BCUT2D eigenvalue weighted by atomic mass is 32.2. The largest absolute Gasteiger partial charge is 0.444 e. The van der Waals surface area contributed by atoms with Crippen molar-refractivity contribution in [1.29, 1.82) is 0 Å². The lowest BCUT2D eigenvalue weighted by Gasteiger charge is -2.26. The molecular formula is C15H29N3O5S. The van der Waals surface area contributed by atoms with E-state index in [1.807, 2.05) is 0 Å². The van der Waals surface area contributed by atoms with E-state index < -0.39 is 27.8 Å². The van der Waals surface area contributed by atoms with E-state index in [0.29, 0.717) is 25.9 Å². The van der Waals surface area contributed by atoms with Gasteiger partial charge in [0.25, 0.3) is 0 Å². The zero-order valence-corrected chi connectivity index (χ0v) is 15.7. The number of carbonyl (C=O) groups is 2. The van der Waals surface area contributed by atoms with E-state index in [1.54, 1.807) is 25.7 Å². The highest BCUT2D eigenvalue weighted by Crippen LogP contribution is 2.13. The van der Waals surface area contributed by atoms with Crippen LogP contribution in [0.2, 0.25) is 0 Å². The lowest BCUT2D eigenvalue weighted by Crippen LogP contribution is -2.49. The summed E-state index contributed by atoms with van der Waals surface area (Å²) < 4.78 is 29.7. The van der Waals surface area contributed by atoms with Gasteiger partial charge >= 0.3 is 6.09 Å². The molecule has 0 aromatic rings. The van der Waals surface area contributed by atoms with E-state index in [1.165, 1.54) is 0 Å². The van der Waals surface area contributed by atoms with E-state index >= 15 is 0 Å². The number of carbonyl (C=O) groups excluding carboxylic acids is 2. The highest BCUT2D eigenvalue weighted by molar-refractivity contribution is 7.88. The molecule has 9 heteroatoms. The van der Waals surface area contributed by atoms with Gasteiger partial charge in [0.15, 0.2) is 0 Å². The molecule has 24 heavy (non-hydrogen) atoms. The molecule has 0 aromatic carbocycles. The third kappa shape index (κ3) is 8.49. The van der Waals surface area contributed by atoms with Gasteiger partial charge in [0.2, 0.25) is 15.9 Å². The second kappa shape index (κ2) is 8.66. The molecule has 8 nitrogen and oxygen atoms in total. The molecule has 1 fully saturated rings. The monoisotopic (exact) mass is 363 g/mol. The fraction of sp³-hybridized carbons (Fsp3) is 0.867. The van der Waals surface area contributed by atoms with Crippen molar-refractivity contribution in [3.8, 4) is 0 Å². The minimum Gasteiger partial charge on any atom is -0.444 e. The first-order valence-corrected chi connectivity index (χ1v) is 10.1. The lowest BCUT2D eigenvalue weighted by molar-refractivity contribution is -0.132. The van der Waals surface area contributed by atoms with Crippen LogP contribution in [0.4, 0.5) is 4.79 Å². The fourth-order valence-corrected chi connectivity index (χ4v) is 2.94. The maximum atomic E-state index is 12.6. The van der Waals surface area contributed by atoms with Crippen LogP contribution in [0, 0.1) is 0 Å². The normalized spacial score (nSPS) is 16.8. The van der Waals surface area contributed by atoms with Gasteiger partial charge in [0, 0.05) is 19.6 Å². The minimum absolute atomic E-state index is 0.141. The van der Waals surface area contributed by atoms with Crippen molar-refractivity contribution >= 4 is 22.0 Å². The molecule has 0 bridgehead atoms. The van der Waals surface area contributed by atoms with Crippen LogP contribution in [-0.4, -0.2) is 62.9 Å². The Morgan fingerprint density at radius 3 is 2.29 bits per heavy atom. The molecule has 0 aliphatic carbocycles. The zero-order valence-electron chi connectivity index (χ0n) is 14.9. The van der Waals surface area contributed by atoms with Crippen molar-refractivity contribution in [2.75, 3.05) is 25.9 Å². The number of hydrogen-bond donors (Lipinski definition) is 2. The molecule has 0 radical (unpaired) electrons. The molecule has 0 aromatic heterocycles. The van der Waals surface area contributed by atoms with Gasteiger partial charge in [-0.2, -0.15) is 0 Å². The van der Waals surface area contributed by atoms with E-state index in [2.05, 4.69) is 10.0 Å². The number of hydrogen-bond acceptors (Lipinski definition) is 5. The predicted octanol–water partition coefficient (Wildman–Crippen LogP) is 0.832. The Morgan fingerprint density at radius 1 is 1.21 bits per heavy atom. The van der Waals surface area contributed by atoms with Gasteiger partial charge in [-0.05, 0) is 46.5 Å². The van der Waals surface area contributed by atoms with Crippen LogP contribution < -0.4 is 10.0 Å². The van der Waals surface area contributed by atoms with Crippen molar-refractivity contribution in [1.82, 2.24) is 14.9 Å². The van der Waals surface area contributed by atoms with E-state index in [-0.39, 0.29) is 12.5 Å². The molecule has 1 saturated heterocycles. The summed E-state index contributed by atoms with van der Waals surface area (Å²) >= 11 is 0. The van der Waals surface area contributed by atoms with Crippen LogP contribution >= 0.6 is 0 Å². The molecule has 140 valence electrons. The summed E-state index contributed by atoms with van der Waals surface area (Å²) in [5, 5.41) is 2.62. The Labute approximate surface area is 144 Å². The summed E-state index contributed by atoms with van der Waals surface area (Å²) in [5.41, 5.74) is -0.650. The van der Waals surface area contributed by atoms with Gasteiger partial charge in [-0.3, -0.25) is 4.79 Å². The van der Waals surface area contributed by atoms with Gasteiger partial charge in [0.05, 0.1) is 6.26 Å². The summed E-state index contributed by atoms with van der Waals surface area (Å²) in [6.07, 6.45) is 3.14. The maximum absolute atomic E-state index is 12.6. The van der Waals surface area contributed by atoms with Crippen LogP contribution in [0.3, 0.4) is 0 Å². The Hall–Kier alpha value is -1.35. The second-order valence-corrected chi connectivity index (χ2v) is 8.87. The number of likely N-dealkylation sites (tertiary alicyclic amines) is 1. The molecule has 2 amide bonds. The molecule has 1 unspecified atom stereocenters. The van der Waals surface area contributed by atoms with Crippen molar-refractivity contribution < 1.29 is 22.7 Å². The SMILES string of the molecule is CC(C)(C)OC(=O)NC(CCCNS(C)(=O)=O)C(=O)N1CCCC1. The number of alkyl carbamates (subject to hydrolysis) is 1. The van der Waals surface area contributed by atoms with Gasteiger partial charge in [0.1, 0.15) is 11.6 Å². The number of rotatable bonds is 7. The topological polar surface area (TPSA) is 105 Å². The molecular weight excluding hydrogens is 334 g/mol. The van der Waals surface area contributed by atoms with Gasteiger partial charge in [-0.25, -0.2) is 17.9 Å². The molecule has 1 aliphatic rings. The second-order valence-electron chi connectivity index (χ2n) is 7.04. The van der Waals surface area contributed by atoms with Crippen molar-refractivity contribution in [3.05, 3.63) is 0 Å². The minimum atomic E-state index is -3.26. The van der Waals surface area contributed by atoms with Gasteiger partial charge < -0.3 is 15.0 Å². The first kappa shape index (κ1) is 20.7. The van der Waals surface area contributed by atoms with Crippen molar-refractivity contribution in [2.24, 2.45) is 0 Å². The first-order valence-electron chi connectivity index (χ1n) is 8.21. The van der Waals surface area contributed by atoms with Crippen molar-refractivity contribution in [3.63, 3.8) is 0 Å². The van der Waals surface area contributed by atoms with E-state index in [4.69, 9.17) is 4.74 Å². The quantitative estimate of drug-likeness (QED) is 0.652. The van der Waals surface area contributed by atoms with Crippen molar-refractivity contribution in [2.45, 2.75) is 58.1 Å². The summed E-state index contributed by atoms with van der Waals surface area (Å²) in [7, 11) is -3.26. The molecule has 1 atom stereocenters. The van der Waals surface area contributed by atoms with Crippen LogP contribution in [0.5, 0.6) is 0 Å². The lowest BCUT2D eigenvalue weighted by atomic mass is 10.1. The maximum Gasteiger partial charge on any atom is 0.408 e. The third-order valence-electron chi connectivity index (χ3n) is 3.44. The third-order valence-corrected chi connectivity index (χ3v) is 4.17. The summed E-state index contributed by atoms with van der Waals surface area (Å²) in [4.78, 5) is 26.2. The Balaban J connectivity index is 2.61. The van der Waals surface area contributed by atoms with Crippen LogP contribution in [0.15, 0.2) is 0 Å². The average molecular weight is 363 g/mol. The summed E-state index contributed by atoms with van der Waals surface area (Å²) in [6, 6.07) is -0.709. The van der Waals surface area contributed by atoms with E-state index in [0.717, 1.165) is 19.1 Å². The number of amides is 2. The zero-order chi connectivity index (χ0) is 18.4. The molecule has 2 N–H and O–H groups in total.